The van der Waals surface area contributed by atoms with Gasteiger partial charge in [-0.05, 0) is 31.9 Å². The number of aromatic nitrogens is 2. The summed E-state index contributed by atoms with van der Waals surface area (Å²) in [5, 5.41) is 3.78. The van der Waals surface area contributed by atoms with Gasteiger partial charge in [-0.15, -0.1) is 0 Å². The van der Waals surface area contributed by atoms with Crippen molar-refractivity contribution in [2.75, 3.05) is 13.6 Å². The molecule has 0 aliphatic heterocycles. The van der Waals surface area contributed by atoms with Gasteiger partial charge in [-0.2, -0.15) is 4.98 Å². The first-order valence-electron chi connectivity index (χ1n) is 8.77. The Balaban J connectivity index is 1.93. The highest BCUT2D eigenvalue weighted by Gasteiger charge is 2.20. The normalized spacial score (nSPS) is 11.6. The Bertz CT molecular complexity index is 898. The minimum atomic E-state index is -3.68. The molecule has 8 nitrogen and oxygen atoms in total. The molecule has 1 aromatic carbocycles. The molecule has 2 rings (SSSR count). The number of carbonyl (C=O) groups excluding carboxylic acids is 1. The second-order valence-electron chi connectivity index (χ2n) is 6.58. The van der Waals surface area contributed by atoms with Crippen LogP contribution in [-0.4, -0.2) is 43.0 Å². The molecule has 27 heavy (non-hydrogen) atoms. The van der Waals surface area contributed by atoms with Crippen LogP contribution in [0, 0.1) is 20.8 Å². The van der Waals surface area contributed by atoms with Crippen LogP contribution in [0.5, 0.6) is 0 Å². The van der Waals surface area contributed by atoms with Crippen LogP contribution < -0.4 is 4.72 Å². The molecule has 9 heteroatoms. The Morgan fingerprint density at radius 3 is 2.41 bits per heavy atom. The van der Waals surface area contributed by atoms with Gasteiger partial charge in [-0.25, -0.2) is 13.1 Å². The molecular weight excluding hydrogens is 368 g/mol. The van der Waals surface area contributed by atoms with Gasteiger partial charge in [-0.3, -0.25) is 4.79 Å². The molecule has 0 unspecified atom stereocenters. The maximum Gasteiger partial charge on any atom is 0.246 e. The summed E-state index contributed by atoms with van der Waals surface area (Å²) in [6.45, 7) is 7.57. The number of rotatable bonds is 8. The van der Waals surface area contributed by atoms with Crippen molar-refractivity contribution in [1.29, 1.82) is 0 Å². The Kier molecular flexibility index (Phi) is 6.72. The molecule has 2 aromatic rings. The third-order valence-corrected chi connectivity index (χ3v) is 5.89. The van der Waals surface area contributed by atoms with E-state index in [0.29, 0.717) is 29.3 Å². The van der Waals surface area contributed by atoms with Gasteiger partial charge in [0.15, 0.2) is 5.82 Å². The maximum absolute atomic E-state index is 12.6. The molecule has 1 aromatic heterocycles. The zero-order chi connectivity index (χ0) is 20.2. The van der Waals surface area contributed by atoms with Gasteiger partial charge in [0.1, 0.15) is 0 Å². The Hall–Kier alpha value is -2.26. The fourth-order valence-corrected chi connectivity index (χ4v) is 4.42. The van der Waals surface area contributed by atoms with E-state index in [-0.39, 0.29) is 30.3 Å². The van der Waals surface area contributed by atoms with E-state index in [2.05, 4.69) is 14.9 Å². The van der Waals surface area contributed by atoms with E-state index < -0.39 is 10.0 Å². The Morgan fingerprint density at radius 2 is 1.85 bits per heavy atom. The number of sulfonamides is 1. The van der Waals surface area contributed by atoms with E-state index in [9.17, 15) is 13.2 Å². The van der Waals surface area contributed by atoms with Crippen molar-refractivity contribution < 1.29 is 17.7 Å². The minimum Gasteiger partial charge on any atom is -0.337 e. The lowest BCUT2D eigenvalue weighted by molar-refractivity contribution is -0.130. The predicted molar refractivity (Wildman–Crippen MR) is 101 cm³/mol. The second-order valence-corrected chi connectivity index (χ2v) is 8.29. The highest BCUT2D eigenvalue weighted by atomic mass is 32.2. The number of hydrogen-bond acceptors (Lipinski definition) is 6. The molecular formula is C18H26N4O4S. The van der Waals surface area contributed by atoms with Gasteiger partial charge < -0.3 is 9.42 Å². The van der Waals surface area contributed by atoms with Crippen LogP contribution in [0.25, 0.3) is 0 Å². The SMILES string of the molecule is CCc1noc(CN(C)C(=O)CCNS(=O)(=O)c2c(C)cc(C)cc2C)n1. The number of nitrogens with one attached hydrogen (secondary N) is 1. The molecule has 148 valence electrons. The molecule has 0 saturated carbocycles. The molecule has 0 bridgehead atoms. The van der Waals surface area contributed by atoms with E-state index >= 15 is 0 Å². The maximum atomic E-state index is 12.6. The number of nitrogens with zero attached hydrogens (tertiary/aromatic N) is 3. The molecule has 1 N–H and O–H groups in total. The summed E-state index contributed by atoms with van der Waals surface area (Å²) in [5.41, 5.74) is 2.38. The fraction of sp³-hybridized carbons (Fsp3) is 0.500. The van der Waals surface area contributed by atoms with Crippen LogP contribution in [-0.2, 0) is 27.8 Å². The molecule has 0 aliphatic rings. The highest BCUT2D eigenvalue weighted by molar-refractivity contribution is 7.89. The molecule has 1 amide bonds. The standard InChI is InChI=1S/C18H26N4O4S/c1-6-15-20-16(26-21-15)11-22(5)17(23)7-8-19-27(24,25)18-13(3)9-12(2)10-14(18)4/h9-10,19H,6-8,11H2,1-5H3. The minimum absolute atomic E-state index is 0.0162. The summed E-state index contributed by atoms with van der Waals surface area (Å²) >= 11 is 0. The predicted octanol–water partition coefficient (Wildman–Crippen LogP) is 1.88. The Labute approximate surface area is 160 Å². The van der Waals surface area contributed by atoms with E-state index in [1.165, 1.54) is 4.90 Å². The zero-order valence-corrected chi connectivity index (χ0v) is 17.2. The van der Waals surface area contributed by atoms with E-state index in [0.717, 1.165) is 5.56 Å². The van der Waals surface area contributed by atoms with Crippen LogP contribution >= 0.6 is 0 Å². The summed E-state index contributed by atoms with van der Waals surface area (Å²) in [5.74, 6) is 0.725. The summed E-state index contributed by atoms with van der Waals surface area (Å²) in [4.78, 5) is 18.1. The highest BCUT2D eigenvalue weighted by Crippen LogP contribution is 2.21. The van der Waals surface area contributed by atoms with Gasteiger partial charge in [0.2, 0.25) is 21.8 Å². The van der Waals surface area contributed by atoms with Crippen molar-refractivity contribution in [2.45, 2.75) is 52.0 Å². The smallest absolute Gasteiger partial charge is 0.246 e. The number of carbonyl (C=O) groups is 1. The quantitative estimate of drug-likeness (QED) is 0.733. The van der Waals surface area contributed by atoms with Crippen LogP contribution in [0.4, 0.5) is 0 Å². The third-order valence-electron chi connectivity index (χ3n) is 4.13. The summed E-state index contributed by atoms with van der Waals surface area (Å²) < 4.78 is 32.8. The van der Waals surface area contributed by atoms with Crippen LogP contribution in [0.1, 0.15) is 41.8 Å². The lowest BCUT2D eigenvalue weighted by atomic mass is 10.1. The van der Waals surface area contributed by atoms with E-state index in [4.69, 9.17) is 4.52 Å². The fourth-order valence-electron chi connectivity index (χ4n) is 2.94. The van der Waals surface area contributed by atoms with Crippen LogP contribution in [0.15, 0.2) is 21.6 Å². The molecule has 0 aliphatic carbocycles. The molecule has 0 fully saturated rings. The molecule has 0 radical (unpaired) electrons. The lowest BCUT2D eigenvalue weighted by Crippen LogP contribution is -2.32. The van der Waals surface area contributed by atoms with Gasteiger partial charge in [0.25, 0.3) is 0 Å². The average molecular weight is 394 g/mol. The van der Waals surface area contributed by atoms with E-state index in [1.807, 2.05) is 26.0 Å². The summed E-state index contributed by atoms with van der Waals surface area (Å²) in [6.07, 6.45) is 0.690. The first kappa shape index (κ1) is 21.0. The van der Waals surface area contributed by atoms with Crippen molar-refractivity contribution in [2.24, 2.45) is 0 Å². The van der Waals surface area contributed by atoms with Gasteiger partial charge in [-0.1, -0.05) is 29.8 Å². The number of aryl methyl sites for hydroxylation is 4. The van der Waals surface area contributed by atoms with Crippen molar-refractivity contribution in [3.63, 3.8) is 0 Å². The second kappa shape index (κ2) is 8.62. The third kappa shape index (κ3) is 5.36. The van der Waals surface area contributed by atoms with Crippen LogP contribution in [0.2, 0.25) is 0 Å². The van der Waals surface area contributed by atoms with Gasteiger partial charge in [0, 0.05) is 26.4 Å². The molecule has 0 atom stereocenters. The van der Waals surface area contributed by atoms with Crippen LogP contribution in [0.3, 0.4) is 0 Å². The molecule has 0 spiro atoms. The first-order chi connectivity index (χ1) is 12.6. The van der Waals surface area contributed by atoms with Crippen molar-refractivity contribution in [3.05, 3.63) is 40.5 Å². The number of benzene rings is 1. The zero-order valence-electron chi connectivity index (χ0n) is 16.4. The monoisotopic (exact) mass is 394 g/mol. The number of hydrogen-bond donors (Lipinski definition) is 1. The summed E-state index contributed by atoms with van der Waals surface area (Å²) in [7, 11) is -2.07. The topological polar surface area (TPSA) is 105 Å². The molecule has 1 heterocycles. The van der Waals surface area contributed by atoms with Gasteiger partial charge >= 0.3 is 0 Å². The Morgan fingerprint density at radius 1 is 1.22 bits per heavy atom. The first-order valence-corrected chi connectivity index (χ1v) is 10.2. The summed E-state index contributed by atoms with van der Waals surface area (Å²) in [6, 6.07) is 3.66. The average Bonchev–Trinajstić information content (AvgIpc) is 3.00. The lowest BCUT2D eigenvalue weighted by Gasteiger charge is -2.16. The van der Waals surface area contributed by atoms with Gasteiger partial charge in [0.05, 0.1) is 11.4 Å². The van der Waals surface area contributed by atoms with Crippen molar-refractivity contribution in [1.82, 2.24) is 19.8 Å². The molecule has 0 saturated heterocycles. The number of amides is 1. The van der Waals surface area contributed by atoms with Crippen molar-refractivity contribution >= 4 is 15.9 Å². The van der Waals surface area contributed by atoms with E-state index in [1.54, 1.807) is 20.9 Å². The van der Waals surface area contributed by atoms with Crippen molar-refractivity contribution in [3.8, 4) is 0 Å². The largest absolute Gasteiger partial charge is 0.337 e.